The Morgan fingerprint density at radius 3 is 2.42 bits per heavy atom. The fourth-order valence-corrected chi connectivity index (χ4v) is 6.75. The van der Waals surface area contributed by atoms with Crippen molar-refractivity contribution >= 4 is 18.1 Å². The molecule has 5 heteroatoms. The molecule has 0 N–H and O–H groups in total. The van der Waals surface area contributed by atoms with Crippen LogP contribution in [0.3, 0.4) is 0 Å². The molecule has 0 saturated carbocycles. The second-order valence-electron chi connectivity index (χ2n) is 6.54. The fraction of sp³-hybridized carbons (Fsp3) is 0.571. The molecule has 1 heterocycles. The lowest BCUT2D eigenvalue weighted by atomic mass is 10.1. The Bertz CT molecular complexity index is 522. The molecule has 0 aliphatic carbocycles. The van der Waals surface area contributed by atoms with Crippen LogP contribution in [0.15, 0.2) is 30.3 Å². The first-order valence-corrected chi connectivity index (χ1v) is 12.1. The van der Waals surface area contributed by atoms with Crippen LogP contribution in [-0.4, -0.2) is 39.1 Å². The zero-order chi connectivity index (χ0) is 14.1. The molecule has 1 aliphatic heterocycles. The van der Waals surface area contributed by atoms with Crippen LogP contribution in [0.4, 0.5) is 0 Å². The van der Waals surface area contributed by atoms with Gasteiger partial charge in [0.05, 0.1) is 5.75 Å². The minimum atomic E-state index is -3.02. The molecule has 0 spiro atoms. The van der Waals surface area contributed by atoms with Gasteiger partial charge in [0, 0.05) is 20.7 Å². The van der Waals surface area contributed by atoms with E-state index in [1.807, 2.05) is 18.2 Å². The van der Waals surface area contributed by atoms with Crippen molar-refractivity contribution in [2.75, 3.05) is 12.3 Å². The molecule has 1 saturated heterocycles. The van der Waals surface area contributed by atoms with Gasteiger partial charge in [-0.2, -0.15) is 4.31 Å². The SMILES string of the molecule is C[Si](C)(C)CCS(=O)(=O)N1C[C@H]1Cc1ccccc1. The highest BCUT2D eigenvalue weighted by atomic mass is 32.2. The second-order valence-corrected chi connectivity index (χ2v) is 14.2. The van der Waals surface area contributed by atoms with E-state index in [2.05, 4.69) is 31.8 Å². The topological polar surface area (TPSA) is 37.1 Å². The summed E-state index contributed by atoms with van der Waals surface area (Å²) in [6.45, 7) is 7.34. The predicted octanol–water partition coefficient (Wildman–Crippen LogP) is 2.58. The summed E-state index contributed by atoms with van der Waals surface area (Å²) in [7, 11) is -4.31. The van der Waals surface area contributed by atoms with Crippen LogP contribution in [0, 0.1) is 0 Å². The molecule has 1 unspecified atom stereocenters. The van der Waals surface area contributed by atoms with Crippen molar-refractivity contribution in [3.8, 4) is 0 Å². The number of sulfonamides is 1. The number of hydrogen-bond acceptors (Lipinski definition) is 2. The van der Waals surface area contributed by atoms with E-state index in [9.17, 15) is 8.42 Å². The maximum absolute atomic E-state index is 12.2. The summed E-state index contributed by atoms with van der Waals surface area (Å²) in [5, 5.41) is 0. The molecular weight excluding hydrogens is 274 g/mol. The van der Waals surface area contributed by atoms with Crippen LogP contribution < -0.4 is 0 Å². The standard InChI is InChI=1S/C14H23NO2SSi/c1-19(2,3)10-9-18(16,17)15-12-14(15)11-13-7-5-4-6-8-13/h4-8,14H,9-12H2,1-3H3/t14-,15?/m1/s1. The van der Waals surface area contributed by atoms with Gasteiger partial charge in [0.2, 0.25) is 10.0 Å². The molecule has 106 valence electrons. The summed E-state index contributed by atoms with van der Waals surface area (Å²) in [4.78, 5) is 0. The number of benzene rings is 1. The van der Waals surface area contributed by atoms with E-state index in [0.29, 0.717) is 12.3 Å². The Kier molecular flexibility index (Phi) is 4.18. The normalized spacial score (nSPS) is 23.3. The average Bonchev–Trinajstić information content (AvgIpc) is 3.07. The number of nitrogens with zero attached hydrogens (tertiary/aromatic N) is 1. The molecular formula is C14H23NO2SSi. The molecule has 3 nitrogen and oxygen atoms in total. The molecule has 1 fully saturated rings. The molecule has 1 aromatic rings. The monoisotopic (exact) mass is 297 g/mol. The van der Waals surface area contributed by atoms with Gasteiger partial charge in [-0.15, -0.1) is 0 Å². The van der Waals surface area contributed by atoms with E-state index in [1.54, 1.807) is 4.31 Å². The molecule has 2 rings (SSSR count). The van der Waals surface area contributed by atoms with Crippen molar-refractivity contribution in [3.05, 3.63) is 35.9 Å². The average molecular weight is 297 g/mol. The molecule has 1 aliphatic rings. The van der Waals surface area contributed by atoms with E-state index in [-0.39, 0.29) is 6.04 Å². The lowest BCUT2D eigenvalue weighted by Gasteiger charge is -2.15. The van der Waals surface area contributed by atoms with E-state index in [4.69, 9.17) is 0 Å². The fourth-order valence-electron chi connectivity index (χ4n) is 2.11. The van der Waals surface area contributed by atoms with Crippen LogP contribution in [-0.2, 0) is 16.4 Å². The zero-order valence-electron chi connectivity index (χ0n) is 12.0. The van der Waals surface area contributed by atoms with Gasteiger partial charge in [0.1, 0.15) is 0 Å². The first-order valence-electron chi connectivity index (χ1n) is 6.81. The van der Waals surface area contributed by atoms with Gasteiger partial charge < -0.3 is 0 Å². The third-order valence-corrected chi connectivity index (χ3v) is 7.44. The molecule has 19 heavy (non-hydrogen) atoms. The van der Waals surface area contributed by atoms with Crippen molar-refractivity contribution in [2.45, 2.75) is 38.1 Å². The van der Waals surface area contributed by atoms with Crippen molar-refractivity contribution in [2.24, 2.45) is 0 Å². The predicted molar refractivity (Wildman–Crippen MR) is 82.6 cm³/mol. The Labute approximate surface area is 117 Å². The summed E-state index contributed by atoms with van der Waals surface area (Å²) in [5.74, 6) is 0.327. The molecule has 2 atom stereocenters. The number of hydrogen-bond donors (Lipinski definition) is 0. The van der Waals surface area contributed by atoms with E-state index in [0.717, 1.165) is 12.5 Å². The first-order chi connectivity index (χ1) is 8.78. The largest absolute Gasteiger partial charge is 0.214 e. The van der Waals surface area contributed by atoms with Crippen LogP contribution in [0.25, 0.3) is 0 Å². The second kappa shape index (κ2) is 5.38. The Morgan fingerprint density at radius 2 is 1.84 bits per heavy atom. The van der Waals surface area contributed by atoms with Crippen LogP contribution in [0.1, 0.15) is 5.56 Å². The van der Waals surface area contributed by atoms with Gasteiger partial charge in [0.25, 0.3) is 0 Å². The lowest BCUT2D eigenvalue weighted by molar-refractivity contribution is 0.552. The highest BCUT2D eigenvalue weighted by Gasteiger charge is 2.43. The maximum Gasteiger partial charge on any atom is 0.214 e. The summed E-state index contributed by atoms with van der Waals surface area (Å²) in [6, 6.07) is 11.1. The van der Waals surface area contributed by atoms with Gasteiger partial charge >= 0.3 is 0 Å². The van der Waals surface area contributed by atoms with Gasteiger partial charge in [-0.25, -0.2) is 8.42 Å². The molecule has 0 radical (unpaired) electrons. The van der Waals surface area contributed by atoms with Crippen molar-refractivity contribution < 1.29 is 8.42 Å². The maximum atomic E-state index is 12.2. The van der Waals surface area contributed by atoms with Crippen LogP contribution in [0.2, 0.25) is 25.7 Å². The first kappa shape index (κ1) is 14.7. The minimum Gasteiger partial charge on any atom is -0.212 e. The van der Waals surface area contributed by atoms with Crippen molar-refractivity contribution in [1.29, 1.82) is 0 Å². The van der Waals surface area contributed by atoms with E-state index in [1.165, 1.54) is 5.56 Å². The highest BCUT2D eigenvalue weighted by Crippen LogP contribution is 2.27. The molecule has 0 aromatic heterocycles. The third-order valence-electron chi connectivity index (χ3n) is 3.45. The van der Waals surface area contributed by atoms with E-state index >= 15 is 0 Å². The molecule has 1 aromatic carbocycles. The Balaban J connectivity index is 1.88. The van der Waals surface area contributed by atoms with Gasteiger partial charge in [0.15, 0.2) is 0 Å². The number of rotatable bonds is 6. The summed E-state index contributed by atoms with van der Waals surface area (Å²) in [5.41, 5.74) is 1.22. The quantitative estimate of drug-likeness (QED) is 0.598. The summed E-state index contributed by atoms with van der Waals surface area (Å²) >= 11 is 0. The smallest absolute Gasteiger partial charge is 0.212 e. The minimum absolute atomic E-state index is 0.189. The lowest BCUT2D eigenvalue weighted by Crippen LogP contribution is -2.27. The van der Waals surface area contributed by atoms with E-state index < -0.39 is 18.1 Å². The van der Waals surface area contributed by atoms with Gasteiger partial charge in [-0.1, -0.05) is 50.0 Å². The Hall–Kier alpha value is -0.653. The Morgan fingerprint density at radius 1 is 1.21 bits per heavy atom. The summed E-state index contributed by atoms with van der Waals surface area (Å²) < 4.78 is 26.0. The van der Waals surface area contributed by atoms with Crippen molar-refractivity contribution in [3.63, 3.8) is 0 Å². The van der Waals surface area contributed by atoms with Crippen LogP contribution in [0.5, 0.6) is 0 Å². The van der Waals surface area contributed by atoms with Crippen LogP contribution >= 0.6 is 0 Å². The van der Waals surface area contributed by atoms with Gasteiger partial charge in [-0.3, -0.25) is 0 Å². The third kappa shape index (κ3) is 4.44. The summed E-state index contributed by atoms with van der Waals surface area (Å²) in [6.07, 6.45) is 0.840. The zero-order valence-corrected chi connectivity index (χ0v) is 13.8. The van der Waals surface area contributed by atoms with Crippen molar-refractivity contribution in [1.82, 2.24) is 4.31 Å². The molecule has 0 amide bonds. The van der Waals surface area contributed by atoms with Gasteiger partial charge in [-0.05, 0) is 18.0 Å². The molecule has 0 bridgehead atoms. The highest BCUT2D eigenvalue weighted by molar-refractivity contribution is 7.89.